The number of pyridine rings is 1. The smallest absolute Gasteiger partial charge is 0.213 e. The van der Waals surface area contributed by atoms with Crippen molar-refractivity contribution in [1.29, 1.82) is 0 Å². The number of halogens is 2. The van der Waals surface area contributed by atoms with Crippen LogP contribution in [0.5, 0.6) is 5.88 Å². The highest BCUT2D eigenvalue weighted by molar-refractivity contribution is 6.35. The minimum atomic E-state index is 0.311. The average Bonchev–Trinajstić information content (AvgIpc) is 2.47. The Balaban J connectivity index is 1.78. The predicted molar refractivity (Wildman–Crippen MR) is 87.0 cm³/mol. The molecular weight excluding hydrogens is 305 g/mol. The molecule has 0 radical (unpaired) electrons. The molecule has 2 aromatic rings. The van der Waals surface area contributed by atoms with Crippen LogP contribution in [0.15, 0.2) is 36.9 Å². The van der Waals surface area contributed by atoms with Gasteiger partial charge < -0.3 is 4.74 Å². The van der Waals surface area contributed by atoms with E-state index in [9.17, 15) is 0 Å². The largest absolute Gasteiger partial charge is 0.473 e. The maximum atomic E-state index is 6.13. The Hall–Kier alpha value is -1.51. The highest BCUT2D eigenvalue weighted by Crippen LogP contribution is 2.30. The summed E-state index contributed by atoms with van der Waals surface area (Å²) in [6, 6.07) is 9.33. The van der Waals surface area contributed by atoms with Gasteiger partial charge in [0.1, 0.15) is 6.61 Å². The van der Waals surface area contributed by atoms with Crippen LogP contribution in [0.2, 0.25) is 10.0 Å². The molecule has 0 saturated heterocycles. The lowest BCUT2D eigenvalue weighted by atomic mass is 9.92. The Morgan fingerprint density at radius 3 is 2.62 bits per heavy atom. The summed E-state index contributed by atoms with van der Waals surface area (Å²) in [5, 5.41) is 1.21. The van der Waals surface area contributed by atoms with Crippen molar-refractivity contribution < 1.29 is 4.74 Å². The summed E-state index contributed by atoms with van der Waals surface area (Å²) in [6.07, 6.45) is 3.11. The molecule has 1 aromatic heterocycles. The average molecular weight is 320 g/mol. The zero-order valence-corrected chi connectivity index (χ0v) is 13.0. The molecule has 0 spiro atoms. The maximum absolute atomic E-state index is 6.13. The molecule has 3 rings (SSSR count). The second-order valence-corrected chi connectivity index (χ2v) is 5.90. The number of rotatable bonds is 3. The second-order valence-electron chi connectivity index (χ2n) is 5.09. The van der Waals surface area contributed by atoms with Gasteiger partial charge in [0.25, 0.3) is 0 Å². The van der Waals surface area contributed by atoms with Gasteiger partial charge in [-0.1, -0.05) is 35.8 Å². The lowest BCUT2D eigenvalue weighted by Gasteiger charge is -2.18. The molecule has 0 aliphatic heterocycles. The standard InChI is InChI=1S/C17H15Cl2NO/c1-11-4-2-7-16-12(11)8-9-17(20-16)21-10-13-14(18)5-3-6-15(13)19/h3,5-6,8-9H,1-2,4,7,10H2. The van der Waals surface area contributed by atoms with E-state index in [1.54, 1.807) is 12.1 Å². The van der Waals surface area contributed by atoms with Crippen molar-refractivity contribution in [2.45, 2.75) is 25.9 Å². The number of hydrogen-bond donors (Lipinski definition) is 0. The molecule has 1 heterocycles. The highest BCUT2D eigenvalue weighted by atomic mass is 35.5. The number of aryl methyl sites for hydroxylation is 1. The van der Waals surface area contributed by atoms with E-state index in [2.05, 4.69) is 11.6 Å². The van der Waals surface area contributed by atoms with Crippen molar-refractivity contribution in [3.05, 3.63) is 63.8 Å². The van der Waals surface area contributed by atoms with Gasteiger partial charge >= 0.3 is 0 Å². The van der Waals surface area contributed by atoms with E-state index in [1.165, 1.54) is 0 Å². The van der Waals surface area contributed by atoms with Gasteiger partial charge in [0.15, 0.2) is 0 Å². The first-order chi connectivity index (χ1) is 10.1. The van der Waals surface area contributed by atoms with Crippen LogP contribution in [0.1, 0.15) is 29.7 Å². The van der Waals surface area contributed by atoms with Crippen molar-refractivity contribution in [3.8, 4) is 5.88 Å². The van der Waals surface area contributed by atoms with Gasteiger partial charge in [-0.25, -0.2) is 4.98 Å². The van der Waals surface area contributed by atoms with E-state index in [4.69, 9.17) is 27.9 Å². The molecular formula is C17H15Cl2NO. The molecule has 0 unspecified atom stereocenters. The molecule has 108 valence electrons. The molecule has 0 fully saturated rings. The number of fused-ring (bicyclic) bond motifs is 1. The summed E-state index contributed by atoms with van der Waals surface area (Å²) in [6.45, 7) is 4.40. The van der Waals surface area contributed by atoms with Gasteiger partial charge in [-0.05, 0) is 48.6 Å². The van der Waals surface area contributed by atoms with E-state index in [1.807, 2.05) is 18.2 Å². The topological polar surface area (TPSA) is 22.1 Å². The van der Waals surface area contributed by atoms with Gasteiger partial charge in [-0.3, -0.25) is 0 Å². The van der Waals surface area contributed by atoms with Crippen molar-refractivity contribution in [3.63, 3.8) is 0 Å². The Morgan fingerprint density at radius 1 is 1.10 bits per heavy atom. The van der Waals surface area contributed by atoms with E-state index >= 15 is 0 Å². The minimum absolute atomic E-state index is 0.311. The van der Waals surface area contributed by atoms with Crippen LogP contribution < -0.4 is 4.74 Å². The minimum Gasteiger partial charge on any atom is -0.473 e. The molecule has 0 saturated carbocycles. The zero-order chi connectivity index (χ0) is 14.8. The van der Waals surface area contributed by atoms with E-state index in [0.29, 0.717) is 22.5 Å². The van der Waals surface area contributed by atoms with Crippen molar-refractivity contribution in [1.82, 2.24) is 4.98 Å². The Labute approximate surface area is 134 Å². The van der Waals surface area contributed by atoms with E-state index < -0.39 is 0 Å². The fraction of sp³-hybridized carbons (Fsp3) is 0.235. The first-order valence-electron chi connectivity index (χ1n) is 6.89. The summed E-state index contributed by atoms with van der Waals surface area (Å²) < 4.78 is 5.75. The molecule has 4 heteroatoms. The monoisotopic (exact) mass is 319 g/mol. The van der Waals surface area contributed by atoms with Crippen LogP contribution in [0.4, 0.5) is 0 Å². The van der Waals surface area contributed by atoms with Gasteiger partial charge in [-0.15, -0.1) is 0 Å². The van der Waals surface area contributed by atoms with Crippen molar-refractivity contribution >= 4 is 28.8 Å². The van der Waals surface area contributed by atoms with Crippen LogP contribution >= 0.6 is 23.2 Å². The van der Waals surface area contributed by atoms with Crippen LogP contribution in [0.3, 0.4) is 0 Å². The van der Waals surface area contributed by atoms with Gasteiger partial charge in [0.05, 0.1) is 5.69 Å². The zero-order valence-electron chi connectivity index (χ0n) is 11.5. The van der Waals surface area contributed by atoms with E-state index in [0.717, 1.165) is 41.7 Å². The van der Waals surface area contributed by atoms with Gasteiger partial charge in [0, 0.05) is 21.7 Å². The molecule has 0 atom stereocenters. The van der Waals surface area contributed by atoms with Crippen molar-refractivity contribution in [2.75, 3.05) is 0 Å². The third-order valence-corrected chi connectivity index (χ3v) is 4.36. The van der Waals surface area contributed by atoms with Crippen molar-refractivity contribution in [2.24, 2.45) is 0 Å². The number of aromatic nitrogens is 1. The fourth-order valence-corrected chi connectivity index (χ4v) is 3.00. The van der Waals surface area contributed by atoms with Gasteiger partial charge in [0.2, 0.25) is 5.88 Å². The number of benzene rings is 1. The molecule has 0 bridgehead atoms. The van der Waals surface area contributed by atoms with Crippen LogP contribution in [0, 0.1) is 0 Å². The highest BCUT2D eigenvalue weighted by Gasteiger charge is 2.15. The summed E-state index contributed by atoms with van der Waals surface area (Å²) in [5.41, 5.74) is 4.16. The normalized spacial score (nSPS) is 13.9. The van der Waals surface area contributed by atoms with Crippen LogP contribution in [0.25, 0.3) is 5.57 Å². The molecule has 1 aliphatic carbocycles. The summed E-state index contributed by atoms with van der Waals surface area (Å²) in [7, 11) is 0. The Kier molecular flexibility index (Phi) is 4.18. The second kappa shape index (κ2) is 6.08. The number of hydrogen-bond acceptors (Lipinski definition) is 2. The lowest BCUT2D eigenvalue weighted by Crippen LogP contribution is -2.06. The first-order valence-corrected chi connectivity index (χ1v) is 7.64. The molecule has 21 heavy (non-hydrogen) atoms. The number of nitrogens with zero attached hydrogens (tertiary/aromatic N) is 1. The van der Waals surface area contributed by atoms with Crippen LogP contribution in [-0.2, 0) is 13.0 Å². The summed E-state index contributed by atoms with van der Waals surface area (Å²) in [5.74, 6) is 0.597. The molecule has 1 aliphatic rings. The van der Waals surface area contributed by atoms with E-state index in [-0.39, 0.29) is 0 Å². The third-order valence-electron chi connectivity index (χ3n) is 3.65. The quantitative estimate of drug-likeness (QED) is 0.764. The summed E-state index contributed by atoms with van der Waals surface area (Å²) >= 11 is 12.3. The molecule has 2 nitrogen and oxygen atoms in total. The molecule has 1 aromatic carbocycles. The SMILES string of the molecule is C=C1CCCc2nc(OCc3c(Cl)cccc3Cl)ccc21. The molecule has 0 amide bonds. The number of ether oxygens (including phenoxy) is 1. The third kappa shape index (κ3) is 3.07. The fourth-order valence-electron chi connectivity index (χ4n) is 2.49. The van der Waals surface area contributed by atoms with Gasteiger partial charge in [-0.2, -0.15) is 0 Å². The Morgan fingerprint density at radius 2 is 1.86 bits per heavy atom. The maximum Gasteiger partial charge on any atom is 0.213 e. The predicted octanol–water partition coefficient (Wildman–Crippen LogP) is 5.32. The Bertz CT molecular complexity index is 677. The number of allylic oxidation sites excluding steroid dienone is 1. The lowest BCUT2D eigenvalue weighted by molar-refractivity contribution is 0.293. The first kappa shape index (κ1) is 14.4. The summed E-state index contributed by atoms with van der Waals surface area (Å²) in [4.78, 5) is 4.57. The molecule has 0 N–H and O–H groups in total. The van der Waals surface area contributed by atoms with Crippen LogP contribution in [-0.4, -0.2) is 4.98 Å².